The summed E-state index contributed by atoms with van der Waals surface area (Å²) in [6, 6.07) is 8.73. The average molecular weight is 581 g/mol. The summed E-state index contributed by atoms with van der Waals surface area (Å²) >= 11 is 4.07. The monoisotopic (exact) mass is 580 g/mol. The molecule has 190 valence electrons. The molecule has 3 amide bonds. The number of anilines is 1. The summed E-state index contributed by atoms with van der Waals surface area (Å²) in [6.07, 6.45) is 1.47. The lowest BCUT2D eigenvalue weighted by atomic mass is 10.1. The number of benzene rings is 2. The van der Waals surface area contributed by atoms with Gasteiger partial charge in [-0.05, 0) is 61.5 Å². The molecule has 0 aliphatic carbocycles. The zero-order valence-electron chi connectivity index (χ0n) is 19.3. The van der Waals surface area contributed by atoms with Crippen LogP contribution < -0.4 is 14.8 Å². The maximum Gasteiger partial charge on any atom is 0.344 e. The summed E-state index contributed by atoms with van der Waals surface area (Å²) in [5, 5.41) is 1.71. The smallest absolute Gasteiger partial charge is 0.344 e. The topological polar surface area (TPSA) is 111 Å². The molecule has 1 aliphatic heterocycles. The highest BCUT2D eigenvalue weighted by atomic mass is 79.9. The van der Waals surface area contributed by atoms with E-state index in [9.17, 15) is 23.6 Å². The summed E-state index contributed by atoms with van der Waals surface area (Å²) in [7, 11) is 0. The Morgan fingerprint density at radius 2 is 1.83 bits per heavy atom. The molecule has 0 saturated carbocycles. The molecule has 36 heavy (non-hydrogen) atoms. The molecule has 1 saturated heterocycles. The van der Waals surface area contributed by atoms with Gasteiger partial charge in [-0.3, -0.25) is 19.3 Å². The fourth-order valence-corrected chi connectivity index (χ4v) is 4.32. The van der Waals surface area contributed by atoms with Crippen LogP contribution in [0.3, 0.4) is 0 Å². The van der Waals surface area contributed by atoms with Crippen LogP contribution in [0.2, 0.25) is 0 Å². The maximum absolute atomic E-state index is 13.8. The zero-order chi connectivity index (χ0) is 26.2. The molecule has 1 heterocycles. The number of ether oxygens (including phenoxy) is 3. The van der Waals surface area contributed by atoms with E-state index in [-0.39, 0.29) is 29.6 Å². The first-order valence-electron chi connectivity index (χ1n) is 10.8. The van der Waals surface area contributed by atoms with Crippen molar-refractivity contribution in [3.8, 4) is 11.5 Å². The second kappa shape index (κ2) is 12.5. The van der Waals surface area contributed by atoms with E-state index in [0.29, 0.717) is 34.2 Å². The van der Waals surface area contributed by atoms with Gasteiger partial charge in [0.1, 0.15) is 12.4 Å². The van der Waals surface area contributed by atoms with Crippen molar-refractivity contribution >= 4 is 62.5 Å². The lowest BCUT2D eigenvalue weighted by Crippen LogP contribution is -2.36. The Morgan fingerprint density at radius 1 is 1.11 bits per heavy atom. The molecular formula is C24H22BrFN2O7S. The van der Waals surface area contributed by atoms with E-state index in [0.717, 1.165) is 4.90 Å². The molecular weight excluding hydrogens is 559 g/mol. The van der Waals surface area contributed by atoms with Gasteiger partial charge < -0.3 is 19.5 Å². The molecule has 12 heteroatoms. The molecule has 3 rings (SSSR count). The van der Waals surface area contributed by atoms with Gasteiger partial charge in [0.15, 0.2) is 18.1 Å². The molecule has 1 aliphatic rings. The van der Waals surface area contributed by atoms with Gasteiger partial charge in [0.2, 0.25) is 5.91 Å². The number of hydrogen-bond donors (Lipinski definition) is 1. The first-order valence-corrected chi connectivity index (χ1v) is 12.4. The van der Waals surface area contributed by atoms with Gasteiger partial charge in [0.25, 0.3) is 11.1 Å². The Morgan fingerprint density at radius 3 is 2.53 bits per heavy atom. The molecule has 2 aromatic rings. The number of carbonyl (C=O) groups excluding carboxylic acids is 4. The summed E-state index contributed by atoms with van der Waals surface area (Å²) in [5.74, 6) is -1.95. The number of carbonyl (C=O) groups is 4. The third-order valence-corrected chi connectivity index (χ3v) is 6.22. The highest BCUT2D eigenvalue weighted by Crippen LogP contribution is 2.38. The molecule has 2 aromatic carbocycles. The SMILES string of the molecule is CCOC(=O)COc1cc(Br)c(/C=C2\SC(=O)N(CC(=O)Nc3ccccc3F)C2=O)cc1OCC. The number of imide groups is 1. The molecule has 9 nitrogen and oxygen atoms in total. The lowest BCUT2D eigenvalue weighted by Gasteiger charge is -2.14. The van der Waals surface area contributed by atoms with Crippen molar-refractivity contribution in [2.75, 3.05) is 31.7 Å². The maximum atomic E-state index is 13.8. The summed E-state index contributed by atoms with van der Waals surface area (Å²) in [4.78, 5) is 50.1. The Labute approximate surface area is 219 Å². The summed E-state index contributed by atoms with van der Waals surface area (Å²) < 4.78 is 30.2. The molecule has 0 atom stereocenters. The standard InChI is InChI=1S/C24H22BrFN2O7S/c1-3-33-18-9-14(15(25)11-19(18)35-13-22(30)34-4-2)10-20-23(31)28(24(32)36-20)12-21(29)27-17-8-6-5-7-16(17)26/h5-11H,3-4,12-13H2,1-2H3,(H,27,29)/b20-10-. The fourth-order valence-electron chi connectivity index (χ4n) is 3.06. The average Bonchev–Trinajstić information content (AvgIpc) is 3.09. The van der Waals surface area contributed by atoms with Crippen molar-refractivity contribution in [2.45, 2.75) is 13.8 Å². The van der Waals surface area contributed by atoms with Gasteiger partial charge in [-0.25, -0.2) is 9.18 Å². The number of thioether (sulfide) groups is 1. The number of para-hydroxylation sites is 1. The van der Waals surface area contributed by atoms with Crippen molar-refractivity contribution in [3.05, 3.63) is 57.2 Å². The van der Waals surface area contributed by atoms with Crippen molar-refractivity contribution in [1.29, 1.82) is 0 Å². The normalized spacial score (nSPS) is 14.2. The molecule has 1 N–H and O–H groups in total. The molecule has 0 aromatic heterocycles. The van der Waals surface area contributed by atoms with Crippen LogP contribution in [0.4, 0.5) is 14.9 Å². The molecule has 0 bridgehead atoms. The predicted octanol–water partition coefficient (Wildman–Crippen LogP) is 4.60. The predicted molar refractivity (Wildman–Crippen MR) is 135 cm³/mol. The second-order valence-electron chi connectivity index (χ2n) is 7.14. The third kappa shape index (κ3) is 6.85. The minimum absolute atomic E-state index is 0.0531. The van der Waals surface area contributed by atoms with Gasteiger partial charge in [-0.1, -0.05) is 28.1 Å². The van der Waals surface area contributed by atoms with Crippen LogP contribution in [-0.4, -0.2) is 54.3 Å². The number of halogens is 2. The first kappa shape index (κ1) is 27.2. The molecule has 0 spiro atoms. The zero-order valence-corrected chi connectivity index (χ0v) is 21.7. The molecule has 0 radical (unpaired) electrons. The Hall–Kier alpha value is -3.38. The van der Waals surface area contributed by atoms with E-state index in [1.807, 2.05) is 0 Å². The number of rotatable bonds is 10. The van der Waals surface area contributed by atoms with Crippen LogP contribution in [0, 0.1) is 5.82 Å². The summed E-state index contributed by atoms with van der Waals surface area (Å²) in [5.41, 5.74) is 0.450. The van der Waals surface area contributed by atoms with E-state index in [4.69, 9.17) is 14.2 Å². The van der Waals surface area contributed by atoms with Gasteiger partial charge in [0.05, 0.1) is 23.8 Å². The number of nitrogens with zero attached hydrogens (tertiary/aromatic N) is 1. The van der Waals surface area contributed by atoms with Crippen LogP contribution in [0.5, 0.6) is 11.5 Å². The van der Waals surface area contributed by atoms with Gasteiger partial charge in [0, 0.05) is 4.47 Å². The number of nitrogens with one attached hydrogen (secondary N) is 1. The minimum Gasteiger partial charge on any atom is -0.490 e. The van der Waals surface area contributed by atoms with Crippen LogP contribution in [0.15, 0.2) is 45.8 Å². The van der Waals surface area contributed by atoms with Crippen LogP contribution in [-0.2, 0) is 19.1 Å². The van der Waals surface area contributed by atoms with Gasteiger partial charge >= 0.3 is 5.97 Å². The number of esters is 1. The second-order valence-corrected chi connectivity index (χ2v) is 8.99. The van der Waals surface area contributed by atoms with Crippen molar-refractivity contribution in [1.82, 2.24) is 4.90 Å². The van der Waals surface area contributed by atoms with Crippen LogP contribution in [0.25, 0.3) is 6.08 Å². The van der Waals surface area contributed by atoms with Gasteiger partial charge in [-0.15, -0.1) is 0 Å². The fraction of sp³-hybridized carbons (Fsp3) is 0.250. The van der Waals surface area contributed by atoms with E-state index in [1.54, 1.807) is 32.0 Å². The number of hydrogen-bond acceptors (Lipinski definition) is 8. The van der Waals surface area contributed by atoms with E-state index in [1.165, 1.54) is 24.3 Å². The third-order valence-electron chi connectivity index (χ3n) is 4.62. The highest BCUT2D eigenvalue weighted by Gasteiger charge is 2.36. The molecule has 1 fully saturated rings. The van der Waals surface area contributed by atoms with E-state index >= 15 is 0 Å². The highest BCUT2D eigenvalue weighted by molar-refractivity contribution is 9.10. The quantitative estimate of drug-likeness (QED) is 0.320. The minimum atomic E-state index is -0.716. The first-order chi connectivity index (χ1) is 17.2. The van der Waals surface area contributed by atoms with Crippen LogP contribution >= 0.6 is 27.7 Å². The molecule has 0 unspecified atom stereocenters. The van der Waals surface area contributed by atoms with Gasteiger partial charge in [-0.2, -0.15) is 0 Å². The Bertz CT molecular complexity index is 1220. The van der Waals surface area contributed by atoms with E-state index < -0.39 is 35.4 Å². The van der Waals surface area contributed by atoms with Crippen molar-refractivity contribution < 1.29 is 37.8 Å². The van der Waals surface area contributed by atoms with Crippen molar-refractivity contribution in [3.63, 3.8) is 0 Å². The Kier molecular flexibility index (Phi) is 9.48. The van der Waals surface area contributed by atoms with E-state index in [2.05, 4.69) is 21.2 Å². The Balaban J connectivity index is 1.76. The summed E-state index contributed by atoms with van der Waals surface area (Å²) in [6.45, 7) is 3.12. The van der Waals surface area contributed by atoms with Crippen LogP contribution in [0.1, 0.15) is 19.4 Å². The van der Waals surface area contributed by atoms with Crippen molar-refractivity contribution in [2.24, 2.45) is 0 Å². The number of amides is 3. The lowest BCUT2D eigenvalue weighted by molar-refractivity contribution is -0.145. The largest absolute Gasteiger partial charge is 0.490 e.